The standard InChI is InChI=1S/C11H12N2O2/c12-6-2-1-3-9-4-5-10(13-8-9)7-11(14)15/h4-5,8H,2,6-7,12H2,(H,14,15). The number of carboxylic acid groups (broad SMARTS) is 1. The summed E-state index contributed by atoms with van der Waals surface area (Å²) in [6, 6.07) is 3.43. The molecule has 0 atom stereocenters. The van der Waals surface area contributed by atoms with Crippen molar-refractivity contribution < 1.29 is 9.90 Å². The molecule has 0 spiro atoms. The first-order valence-corrected chi connectivity index (χ1v) is 4.58. The largest absolute Gasteiger partial charge is 0.481 e. The van der Waals surface area contributed by atoms with Crippen LogP contribution in [0.25, 0.3) is 0 Å². The van der Waals surface area contributed by atoms with Crippen molar-refractivity contribution in [1.82, 2.24) is 4.98 Å². The fourth-order valence-corrected chi connectivity index (χ4v) is 0.995. The second kappa shape index (κ2) is 5.78. The SMILES string of the molecule is NCCC#Cc1ccc(CC(=O)O)nc1. The Hall–Kier alpha value is -1.86. The van der Waals surface area contributed by atoms with Crippen LogP contribution in [0.3, 0.4) is 0 Å². The molecule has 0 aliphatic rings. The van der Waals surface area contributed by atoms with Gasteiger partial charge < -0.3 is 10.8 Å². The molecule has 1 aromatic rings. The molecular formula is C11H12N2O2. The Balaban J connectivity index is 2.65. The number of carbonyl (C=O) groups is 1. The lowest BCUT2D eigenvalue weighted by atomic mass is 10.2. The maximum absolute atomic E-state index is 10.4. The molecule has 0 radical (unpaired) electrons. The normalized spacial score (nSPS) is 9.13. The van der Waals surface area contributed by atoms with Crippen molar-refractivity contribution >= 4 is 5.97 Å². The molecule has 0 saturated heterocycles. The van der Waals surface area contributed by atoms with Crippen LogP contribution in [-0.4, -0.2) is 22.6 Å². The summed E-state index contributed by atoms with van der Waals surface area (Å²) in [6.07, 6.45) is 2.16. The van der Waals surface area contributed by atoms with Gasteiger partial charge in [-0.3, -0.25) is 9.78 Å². The number of hydrogen-bond donors (Lipinski definition) is 2. The summed E-state index contributed by atoms with van der Waals surface area (Å²) >= 11 is 0. The van der Waals surface area contributed by atoms with Crippen LogP contribution in [0.1, 0.15) is 17.7 Å². The minimum Gasteiger partial charge on any atom is -0.481 e. The van der Waals surface area contributed by atoms with Gasteiger partial charge in [-0.1, -0.05) is 11.8 Å². The zero-order valence-electron chi connectivity index (χ0n) is 8.23. The van der Waals surface area contributed by atoms with Gasteiger partial charge in [0.15, 0.2) is 0 Å². The topological polar surface area (TPSA) is 76.2 Å². The molecule has 1 aromatic heterocycles. The van der Waals surface area contributed by atoms with Gasteiger partial charge in [-0.2, -0.15) is 0 Å². The van der Waals surface area contributed by atoms with E-state index in [1.807, 2.05) is 0 Å². The number of carboxylic acids is 1. The number of aliphatic carboxylic acids is 1. The second-order valence-electron chi connectivity index (χ2n) is 2.95. The molecule has 0 aliphatic heterocycles. The van der Waals surface area contributed by atoms with E-state index in [9.17, 15) is 4.79 Å². The maximum Gasteiger partial charge on any atom is 0.309 e. The first kappa shape index (κ1) is 11.2. The van der Waals surface area contributed by atoms with E-state index in [-0.39, 0.29) is 6.42 Å². The van der Waals surface area contributed by atoms with Crippen molar-refractivity contribution in [3.63, 3.8) is 0 Å². The second-order valence-corrected chi connectivity index (χ2v) is 2.95. The van der Waals surface area contributed by atoms with Crippen LogP contribution in [0, 0.1) is 11.8 Å². The Morgan fingerprint density at radius 1 is 1.53 bits per heavy atom. The molecule has 1 rings (SSSR count). The zero-order valence-corrected chi connectivity index (χ0v) is 8.23. The number of nitrogens with zero attached hydrogens (tertiary/aromatic N) is 1. The molecule has 4 nitrogen and oxygen atoms in total. The van der Waals surface area contributed by atoms with Crippen LogP contribution >= 0.6 is 0 Å². The van der Waals surface area contributed by atoms with E-state index < -0.39 is 5.97 Å². The molecule has 4 heteroatoms. The van der Waals surface area contributed by atoms with E-state index in [1.54, 1.807) is 18.3 Å². The lowest BCUT2D eigenvalue weighted by molar-refractivity contribution is -0.136. The highest BCUT2D eigenvalue weighted by molar-refractivity contribution is 5.69. The highest BCUT2D eigenvalue weighted by Gasteiger charge is 2.00. The number of nitrogens with two attached hydrogens (primary N) is 1. The molecule has 3 N–H and O–H groups in total. The summed E-state index contributed by atoms with van der Waals surface area (Å²) in [5.74, 6) is 4.88. The lowest BCUT2D eigenvalue weighted by Crippen LogP contribution is -2.01. The van der Waals surface area contributed by atoms with Crippen molar-refractivity contribution in [3.8, 4) is 11.8 Å². The van der Waals surface area contributed by atoms with E-state index in [2.05, 4.69) is 16.8 Å². The third kappa shape index (κ3) is 4.25. The van der Waals surface area contributed by atoms with Crippen molar-refractivity contribution in [2.75, 3.05) is 6.54 Å². The molecule has 0 aromatic carbocycles. The van der Waals surface area contributed by atoms with Gasteiger partial charge in [-0.25, -0.2) is 0 Å². The van der Waals surface area contributed by atoms with Crippen molar-refractivity contribution in [3.05, 3.63) is 29.6 Å². The van der Waals surface area contributed by atoms with Gasteiger partial charge >= 0.3 is 5.97 Å². The highest BCUT2D eigenvalue weighted by atomic mass is 16.4. The van der Waals surface area contributed by atoms with E-state index in [0.717, 1.165) is 5.56 Å². The molecule has 0 bridgehead atoms. The van der Waals surface area contributed by atoms with E-state index in [1.165, 1.54) is 0 Å². The van der Waals surface area contributed by atoms with Crippen molar-refractivity contribution in [2.45, 2.75) is 12.8 Å². The quantitative estimate of drug-likeness (QED) is 0.699. The minimum atomic E-state index is -0.885. The van der Waals surface area contributed by atoms with E-state index in [4.69, 9.17) is 10.8 Å². The summed E-state index contributed by atoms with van der Waals surface area (Å²) in [5.41, 5.74) is 6.60. The fourth-order valence-electron chi connectivity index (χ4n) is 0.995. The molecule has 0 aliphatic carbocycles. The lowest BCUT2D eigenvalue weighted by Gasteiger charge is -1.95. The number of hydrogen-bond acceptors (Lipinski definition) is 3. The first-order chi connectivity index (χ1) is 7.22. The van der Waals surface area contributed by atoms with Gasteiger partial charge in [0.05, 0.1) is 12.1 Å². The summed E-state index contributed by atoms with van der Waals surface area (Å²) < 4.78 is 0. The Morgan fingerprint density at radius 2 is 2.33 bits per heavy atom. The van der Waals surface area contributed by atoms with Crippen LogP contribution in [-0.2, 0) is 11.2 Å². The van der Waals surface area contributed by atoms with E-state index in [0.29, 0.717) is 18.7 Å². The van der Waals surface area contributed by atoms with Crippen LogP contribution in [0.2, 0.25) is 0 Å². The van der Waals surface area contributed by atoms with Crippen LogP contribution < -0.4 is 5.73 Å². The van der Waals surface area contributed by atoms with Gasteiger partial charge in [0.2, 0.25) is 0 Å². The van der Waals surface area contributed by atoms with Crippen LogP contribution in [0.4, 0.5) is 0 Å². The molecule has 78 valence electrons. The summed E-state index contributed by atoms with van der Waals surface area (Å²) in [7, 11) is 0. The average Bonchev–Trinajstić information content (AvgIpc) is 2.20. The van der Waals surface area contributed by atoms with Crippen LogP contribution in [0.15, 0.2) is 18.3 Å². The molecule has 0 saturated carbocycles. The molecular weight excluding hydrogens is 192 g/mol. The number of rotatable bonds is 3. The smallest absolute Gasteiger partial charge is 0.309 e. The number of pyridine rings is 1. The Bertz CT molecular complexity index is 387. The summed E-state index contributed by atoms with van der Waals surface area (Å²) in [5, 5.41) is 8.53. The fraction of sp³-hybridized carbons (Fsp3) is 0.273. The van der Waals surface area contributed by atoms with Gasteiger partial charge in [-0.05, 0) is 12.1 Å². The predicted octanol–water partition coefficient (Wildman–Crippen LogP) is 0.409. The summed E-state index contributed by atoms with van der Waals surface area (Å²) in [4.78, 5) is 14.4. The van der Waals surface area contributed by atoms with Crippen LogP contribution in [0.5, 0.6) is 0 Å². The molecule has 0 unspecified atom stereocenters. The van der Waals surface area contributed by atoms with Crippen molar-refractivity contribution in [1.29, 1.82) is 0 Å². The predicted molar refractivity (Wildman–Crippen MR) is 56.1 cm³/mol. The molecule has 0 amide bonds. The molecule has 1 heterocycles. The Labute approximate surface area is 88.1 Å². The van der Waals surface area contributed by atoms with Gasteiger partial charge in [-0.15, -0.1) is 0 Å². The minimum absolute atomic E-state index is 0.0590. The third-order valence-corrected chi connectivity index (χ3v) is 1.66. The van der Waals surface area contributed by atoms with E-state index >= 15 is 0 Å². The third-order valence-electron chi connectivity index (χ3n) is 1.66. The zero-order chi connectivity index (χ0) is 11.1. The first-order valence-electron chi connectivity index (χ1n) is 4.58. The highest BCUT2D eigenvalue weighted by Crippen LogP contribution is 1.99. The van der Waals surface area contributed by atoms with Gasteiger partial charge in [0, 0.05) is 24.7 Å². The van der Waals surface area contributed by atoms with Crippen molar-refractivity contribution in [2.24, 2.45) is 5.73 Å². The monoisotopic (exact) mass is 204 g/mol. The summed E-state index contributed by atoms with van der Waals surface area (Å²) in [6.45, 7) is 0.539. The molecule has 15 heavy (non-hydrogen) atoms. The average molecular weight is 204 g/mol. The maximum atomic E-state index is 10.4. The number of aromatic nitrogens is 1. The van der Waals surface area contributed by atoms with Gasteiger partial charge in [0.1, 0.15) is 0 Å². The molecule has 0 fully saturated rings. The Kier molecular flexibility index (Phi) is 4.32. The Morgan fingerprint density at radius 3 is 2.87 bits per heavy atom. The van der Waals surface area contributed by atoms with Gasteiger partial charge in [0.25, 0.3) is 0 Å².